The number of benzene rings is 1. The highest BCUT2D eigenvalue weighted by atomic mass is 79.9. The number of aliphatic carboxylic acids is 1. The van der Waals surface area contributed by atoms with Crippen molar-refractivity contribution in [1.29, 1.82) is 0 Å². The number of anilines is 1. The molecule has 0 spiro atoms. The molecule has 3 aromatic rings. The molecular formula is C15H13BrN2O4S2. The van der Waals surface area contributed by atoms with Crippen molar-refractivity contribution < 1.29 is 18.7 Å². The summed E-state index contributed by atoms with van der Waals surface area (Å²) in [6.45, 7) is 0. The van der Waals surface area contributed by atoms with E-state index in [9.17, 15) is 18.7 Å². The molecule has 9 heteroatoms. The topological polar surface area (TPSA) is 93.6 Å². The first-order chi connectivity index (χ1) is 11.5. The van der Waals surface area contributed by atoms with Crippen LogP contribution in [0.3, 0.4) is 0 Å². The molecule has 126 valence electrons. The van der Waals surface area contributed by atoms with E-state index in [0.717, 1.165) is 24.6 Å². The summed E-state index contributed by atoms with van der Waals surface area (Å²) >= 11 is 2.04. The van der Waals surface area contributed by atoms with E-state index in [-0.39, 0.29) is 6.42 Å². The van der Waals surface area contributed by atoms with Crippen LogP contribution in [-0.4, -0.2) is 30.9 Å². The average molecular weight is 429 g/mol. The summed E-state index contributed by atoms with van der Waals surface area (Å²) < 4.78 is 23.2. The second-order valence-corrected chi connectivity index (χ2v) is 8.35. The molecule has 2 unspecified atom stereocenters. The summed E-state index contributed by atoms with van der Waals surface area (Å²) in [4.78, 5) is 14.9. The van der Waals surface area contributed by atoms with Crippen molar-refractivity contribution in [3.63, 3.8) is 0 Å². The Balaban J connectivity index is 1.99. The number of hydrogen-bond acceptors (Lipinski definition) is 3. The molecule has 2 atom stereocenters. The fraction of sp³-hybridized carbons (Fsp3) is 0.133. The van der Waals surface area contributed by atoms with Crippen LogP contribution in [0, 0.1) is 0 Å². The van der Waals surface area contributed by atoms with Crippen molar-refractivity contribution in [2.24, 2.45) is 0 Å². The third-order valence-electron chi connectivity index (χ3n) is 3.60. The van der Waals surface area contributed by atoms with E-state index in [1.165, 1.54) is 11.3 Å². The first-order valence-electron chi connectivity index (χ1n) is 6.90. The van der Waals surface area contributed by atoms with Crippen LogP contribution in [0.2, 0.25) is 0 Å². The van der Waals surface area contributed by atoms with Gasteiger partial charge in [0.25, 0.3) is 11.3 Å². The molecule has 0 aliphatic carbocycles. The van der Waals surface area contributed by atoms with E-state index in [0.29, 0.717) is 5.00 Å². The predicted molar refractivity (Wildman–Crippen MR) is 98.7 cm³/mol. The third-order valence-corrected chi connectivity index (χ3v) is 6.13. The van der Waals surface area contributed by atoms with Gasteiger partial charge in [0, 0.05) is 23.5 Å². The van der Waals surface area contributed by atoms with Gasteiger partial charge < -0.3 is 10.1 Å². The number of rotatable bonds is 6. The minimum absolute atomic E-state index is 0.0984. The molecule has 0 saturated heterocycles. The predicted octanol–water partition coefficient (Wildman–Crippen LogP) is 3.63. The van der Waals surface area contributed by atoms with E-state index in [1.54, 1.807) is 18.3 Å². The number of hydrogen-bond donors (Lipinski definition) is 3. The molecular weight excluding hydrogens is 416 g/mol. The summed E-state index contributed by atoms with van der Waals surface area (Å²) in [6, 6.07) is 9.71. The van der Waals surface area contributed by atoms with Gasteiger partial charge in [-0.3, -0.25) is 4.55 Å². The zero-order chi connectivity index (χ0) is 17.3. The maximum Gasteiger partial charge on any atom is 0.327 e. The normalized spacial score (nSPS) is 13.8. The van der Waals surface area contributed by atoms with Crippen LogP contribution in [0.25, 0.3) is 10.9 Å². The molecule has 3 rings (SSSR count). The van der Waals surface area contributed by atoms with Crippen molar-refractivity contribution in [2.45, 2.75) is 12.5 Å². The molecule has 0 fully saturated rings. The lowest BCUT2D eigenvalue weighted by Crippen LogP contribution is -2.43. The van der Waals surface area contributed by atoms with Crippen molar-refractivity contribution >= 4 is 60.4 Å². The Morgan fingerprint density at radius 3 is 2.71 bits per heavy atom. The van der Waals surface area contributed by atoms with Gasteiger partial charge in [0.15, 0.2) is 0 Å². The maximum absolute atomic E-state index is 11.8. The highest BCUT2D eigenvalue weighted by Crippen LogP contribution is 2.33. The Labute approximate surface area is 152 Å². The minimum Gasteiger partial charge on any atom is -0.480 e. The number of nitrogens with one attached hydrogen (secondary N) is 1. The van der Waals surface area contributed by atoms with Crippen LogP contribution in [-0.2, 0) is 22.5 Å². The van der Waals surface area contributed by atoms with Gasteiger partial charge >= 0.3 is 5.97 Å². The number of thiophene rings is 1. The van der Waals surface area contributed by atoms with Gasteiger partial charge in [-0.15, -0.1) is 11.3 Å². The second kappa shape index (κ2) is 7.06. The number of aromatic nitrogens is 1. The van der Waals surface area contributed by atoms with Crippen LogP contribution in [0.4, 0.5) is 5.00 Å². The Morgan fingerprint density at radius 1 is 1.33 bits per heavy atom. The lowest BCUT2D eigenvalue weighted by atomic mass is 10.1. The highest BCUT2D eigenvalue weighted by molar-refractivity contribution is 9.11. The highest BCUT2D eigenvalue weighted by Gasteiger charge is 2.32. The monoisotopic (exact) mass is 428 g/mol. The van der Waals surface area contributed by atoms with Crippen molar-refractivity contribution in [1.82, 2.24) is 4.98 Å². The molecule has 0 radical (unpaired) electrons. The molecule has 1 aromatic carbocycles. The molecule has 2 aromatic heterocycles. The number of halogens is 1. The van der Waals surface area contributed by atoms with E-state index < -0.39 is 23.3 Å². The van der Waals surface area contributed by atoms with Crippen LogP contribution >= 0.6 is 27.3 Å². The fourth-order valence-corrected chi connectivity index (χ4v) is 4.76. The van der Waals surface area contributed by atoms with Crippen LogP contribution < -0.4 is 4.31 Å². The average Bonchev–Trinajstić information content (AvgIpc) is 3.13. The van der Waals surface area contributed by atoms with Crippen molar-refractivity contribution in [3.8, 4) is 0 Å². The smallest absolute Gasteiger partial charge is 0.327 e. The molecule has 3 N–H and O–H groups in total. The lowest BCUT2D eigenvalue weighted by molar-refractivity contribution is -0.138. The Bertz CT molecular complexity index is 908. The number of aromatic amines is 1. The van der Waals surface area contributed by atoms with Gasteiger partial charge in [0.05, 0.1) is 3.79 Å². The summed E-state index contributed by atoms with van der Waals surface area (Å²) in [5, 5.41) is 10.9. The van der Waals surface area contributed by atoms with E-state index in [1.807, 2.05) is 24.3 Å². The lowest BCUT2D eigenvalue weighted by Gasteiger charge is -2.25. The number of carboxylic acids is 1. The summed E-state index contributed by atoms with van der Waals surface area (Å²) in [5.41, 5.74) is 1.68. The van der Waals surface area contributed by atoms with Crippen LogP contribution in [0.15, 0.2) is 46.4 Å². The van der Waals surface area contributed by atoms with Crippen molar-refractivity contribution in [3.05, 3.63) is 51.9 Å². The Morgan fingerprint density at radius 2 is 2.08 bits per heavy atom. The largest absolute Gasteiger partial charge is 0.480 e. The van der Waals surface area contributed by atoms with Gasteiger partial charge in [-0.2, -0.15) is 0 Å². The third kappa shape index (κ3) is 3.39. The van der Waals surface area contributed by atoms with Gasteiger partial charge in [0.1, 0.15) is 11.0 Å². The molecule has 2 heterocycles. The maximum atomic E-state index is 11.8. The summed E-state index contributed by atoms with van der Waals surface area (Å²) in [6.07, 6.45) is 1.84. The number of carbonyl (C=O) groups is 1. The quantitative estimate of drug-likeness (QED) is 0.522. The Hall–Kier alpha value is -1.68. The molecule has 6 nitrogen and oxygen atoms in total. The van der Waals surface area contributed by atoms with Gasteiger partial charge in [-0.05, 0) is 39.7 Å². The number of H-pyrrole nitrogens is 1. The van der Waals surface area contributed by atoms with Crippen LogP contribution in [0.5, 0.6) is 0 Å². The molecule has 0 aliphatic rings. The van der Waals surface area contributed by atoms with Gasteiger partial charge in [-0.25, -0.2) is 13.3 Å². The number of carboxylic acid groups (broad SMARTS) is 1. The number of nitrogens with zero attached hydrogens (tertiary/aromatic N) is 1. The second-order valence-electron chi connectivity index (χ2n) is 5.05. The first-order valence-corrected chi connectivity index (χ1v) is 9.58. The first kappa shape index (κ1) is 17.2. The summed E-state index contributed by atoms with van der Waals surface area (Å²) in [5.74, 6) is -1.16. The van der Waals surface area contributed by atoms with Crippen molar-refractivity contribution in [2.75, 3.05) is 4.31 Å². The minimum atomic E-state index is -2.45. The standard InChI is InChI=1S/C15H13BrN2O4S2/c16-13-5-6-14(23-13)18(24(21)22)12(15(19)20)7-9-8-17-11-4-2-1-3-10(9)11/h1-6,8,12,17H,7H2,(H,19,20)(H,21,22). The zero-order valence-corrected chi connectivity index (χ0v) is 15.4. The molecule has 0 saturated carbocycles. The number of fused-ring (bicyclic) bond motifs is 1. The van der Waals surface area contributed by atoms with E-state index in [2.05, 4.69) is 20.9 Å². The Kier molecular flexibility index (Phi) is 5.04. The summed E-state index contributed by atoms with van der Waals surface area (Å²) in [7, 11) is 0. The van der Waals surface area contributed by atoms with Gasteiger partial charge in [0.2, 0.25) is 0 Å². The SMILES string of the molecule is O=C(O)C(Cc1c[nH]c2ccccc12)N(c1ccc(Br)s1)S(=O)O. The van der Waals surface area contributed by atoms with E-state index >= 15 is 0 Å². The zero-order valence-electron chi connectivity index (χ0n) is 12.2. The molecule has 0 bridgehead atoms. The van der Waals surface area contributed by atoms with Gasteiger partial charge in [-0.1, -0.05) is 18.2 Å². The molecule has 24 heavy (non-hydrogen) atoms. The fourth-order valence-electron chi connectivity index (χ4n) is 2.54. The number of para-hydroxylation sites is 1. The van der Waals surface area contributed by atoms with E-state index in [4.69, 9.17) is 0 Å². The molecule has 0 amide bonds. The molecule has 0 aliphatic heterocycles. The van der Waals surface area contributed by atoms with Crippen LogP contribution in [0.1, 0.15) is 5.56 Å².